The van der Waals surface area contributed by atoms with Crippen molar-refractivity contribution in [3.05, 3.63) is 21.9 Å². The van der Waals surface area contributed by atoms with Gasteiger partial charge in [0.25, 0.3) is 0 Å². The molecule has 0 aliphatic carbocycles. The lowest BCUT2D eigenvalue weighted by Crippen LogP contribution is -2.45. The van der Waals surface area contributed by atoms with Crippen molar-refractivity contribution in [1.29, 1.82) is 0 Å². The first-order valence-electron chi connectivity index (χ1n) is 6.57. The largest absolute Gasteiger partial charge is 0.383 e. The van der Waals surface area contributed by atoms with Gasteiger partial charge in [0, 0.05) is 28.9 Å². The number of methoxy groups -OCH3 is 1. The van der Waals surface area contributed by atoms with Crippen molar-refractivity contribution in [3.8, 4) is 0 Å². The van der Waals surface area contributed by atoms with Gasteiger partial charge in [0.2, 0.25) is 0 Å². The van der Waals surface area contributed by atoms with Crippen molar-refractivity contribution >= 4 is 11.3 Å². The number of nitrogens with two attached hydrogens (primary N) is 1. The molecule has 0 saturated heterocycles. The van der Waals surface area contributed by atoms with E-state index >= 15 is 0 Å². The van der Waals surface area contributed by atoms with Crippen LogP contribution in [0.25, 0.3) is 0 Å². The third-order valence-corrected chi connectivity index (χ3v) is 4.32. The van der Waals surface area contributed by atoms with Gasteiger partial charge < -0.3 is 10.5 Å². The molecule has 3 nitrogen and oxygen atoms in total. The van der Waals surface area contributed by atoms with Gasteiger partial charge in [-0.05, 0) is 39.4 Å². The second kappa shape index (κ2) is 7.24. The maximum absolute atomic E-state index is 6.21. The minimum atomic E-state index is 0.113. The molecule has 3 unspecified atom stereocenters. The molecule has 1 aromatic rings. The Labute approximate surface area is 115 Å². The van der Waals surface area contributed by atoms with Crippen LogP contribution in [0.1, 0.15) is 36.6 Å². The smallest absolute Gasteiger partial charge is 0.0615 e. The molecule has 18 heavy (non-hydrogen) atoms. The molecule has 0 amide bonds. The zero-order chi connectivity index (χ0) is 13.7. The predicted molar refractivity (Wildman–Crippen MR) is 79.2 cm³/mol. The number of likely N-dealkylation sites (N-methyl/N-ethyl adjacent to an activating group) is 1. The fraction of sp³-hybridized carbons (Fsp3) is 0.714. The Bertz CT molecular complexity index is 351. The minimum absolute atomic E-state index is 0.113. The van der Waals surface area contributed by atoms with Crippen molar-refractivity contribution in [2.75, 3.05) is 20.3 Å². The Morgan fingerprint density at radius 3 is 2.44 bits per heavy atom. The van der Waals surface area contributed by atoms with Gasteiger partial charge in [-0.2, -0.15) is 0 Å². The van der Waals surface area contributed by atoms with Crippen LogP contribution >= 0.6 is 11.3 Å². The molecule has 1 heterocycles. The molecular weight excluding hydrogens is 244 g/mol. The average Bonchev–Trinajstić information content (AvgIpc) is 2.71. The van der Waals surface area contributed by atoms with E-state index in [9.17, 15) is 0 Å². The quantitative estimate of drug-likeness (QED) is 0.828. The molecule has 0 radical (unpaired) electrons. The molecule has 2 N–H and O–H groups in total. The van der Waals surface area contributed by atoms with Crippen LogP contribution in [0.3, 0.4) is 0 Å². The van der Waals surface area contributed by atoms with Crippen LogP contribution in [0.2, 0.25) is 0 Å². The fourth-order valence-corrected chi connectivity index (χ4v) is 3.57. The van der Waals surface area contributed by atoms with Crippen LogP contribution in [0.5, 0.6) is 0 Å². The Morgan fingerprint density at radius 2 is 2.06 bits per heavy atom. The molecule has 104 valence electrons. The number of hydrogen-bond donors (Lipinski definition) is 1. The molecule has 1 aromatic heterocycles. The third-order valence-electron chi connectivity index (χ3n) is 3.25. The van der Waals surface area contributed by atoms with Gasteiger partial charge in [-0.3, -0.25) is 4.90 Å². The Kier molecular flexibility index (Phi) is 6.29. The molecule has 0 fully saturated rings. The molecule has 0 aliphatic heterocycles. The van der Waals surface area contributed by atoms with Gasteiger partial charge in [0.15, 0.2) is 0 Å². The Balaban J connectivity index is 2.95. The maximum atomic E-state index is 6.21. The van der Waals surface area contributed by atoms with Gasteiger partial charge >= 0.3 is 0 Å². The van der Waals surface area contributed by atoms with E-state index in [0.29, 0.717) is 6.04 Å². The summed E-state index contributed by atoms with van der Waals surface area (Å²) in [6.45, 7) is 10.3. The zero-order valence-corrected chi connectivity index (χ0v) is 13.0. The van der Waals surface area contributed by atoms with E-state index in [4.69, 9.17) is 10.5 Å². The molecular formula is C14H26N2OS. The lowest BCUT2D eigenvalue weighted by Gasteiger charge is -2.37. The van der Waals surface area contributed by atoms with Gasteiger partial charge in [0.1, 0.15) is 0 Å². The van der Waals surface area contributed by atoms with Crippen LogP contribution in [0.15, 0.2) is 12.1 Å². The first-order valence-corrected chi connectivity index (χ1v) is 7.39. The average molecular weight is 270 g/mol. The summed E-state index contributed by atoms with van der Waals surface area (Å²) in [5.41, 5.74) is 6.21. The van der Waals surface area contributed by atoms with Crippen LogP contribution in [0.4, 0.5) is 0 Å². The number of rotatable bonds is 7. The summed E-state index contributed by atoms with van der Waals surface area (Å²) in [6, 6.07) is 5.14. The first kappa shape index (κ1) is 15.6. The van der Waals surface area contributed by atoms with Crippen molar-refractivity contribution in [2.45, 2.75) is 45.8 Å². The Hall–Kier alpha value is -0.420. The summed E-state index contributed by atoms with van der Waals surface area (Å²) in [4.78, 5) is 5.12. The van der Waals surface area contributed by atoms with Crippen LogP contribution in [0, 0.1) is 6.92 Å². The van der Waals surface area contributed by atoms with Crippen molar-refractivity contribution in [1.82, 2.24) is 4.90 Å². The van der Waals surface area contributed by atoms with E-state index in [1.165, 1.54) is 9.75 Å². The molecule has 1 rings (SSSR count). The lowest BCUT2D eigenvalue weighted by molar-refractivity contribution is 0.0666. The number of thiophene rings is 1. The van der Waals surface area contributed by atoms with Crippen LogP contribution < -0.4 is 5.73 Å². The van der Waals surface area contributed by atoms with E-state index in [1.54, 1.807) is 7.11 Å². The van der Waals surface area contributed by atoms with E-state index in [1.807, 2.05) is 11.3 Å². The fourth-order valence-electron chi connectivity index (χ4n) is 2.46. The summed E-state index contributed by atoms with van der Waals surface area (Å²) in [5.74, 6) is 0. The molecule has 0 spiro atoms. The second-order valence-corrected chi connectivity index (χ2v) is 6.21. The highest BCUT2D eigenvalue weighted by Gasteiger charge is 2.27. The van der Waals surface area contributed by atoms with E-state index in [2.05, 4.69) is 44.7 Å². The van der Waals surface area contributed by atoms with Crippen LogP contribution in [-0.4, -0.2) is 37.2 Å². The van der Waals surface area contributed by atoms with Crippen molar-refractivity contribution in [2.24, 2.45) is 5.73 Å². The number of ether oxygens (including phenoxy) is 1. The topological polar surface area (TPSA) is 38.5 Å². The molecule has 4 heteroatoms. The lowest BCUT2D eigenvalue weighted by atomic mass is 10.0. The van der Waals surface area contributed by atoms with Crippen molar-refractivity contribution in [3.63, 3.8) is 0 Å². The predicted octanol–water partition coefficient (Wildman–Crippen LogP) is 2.80. The maximum Gasteiger partial charge on any atom is 0.0615 e. The van der Waals surface area contributed by atoms with E-state index in [0.717, 1.165) is 13.2 Å². The number of nitrogens with zero attached hydrogens (tertiary/aromatic N) is 1. The van der Waals surface area contributed by atoms with Gasteiger partial charge in [-0.1, -0.05) is 6.92 Å². The number of aryl methyl sites for hydroxylation is 1. The summed E-state index contributed by atoms with van der Waals surface area (Å²) in [6.07, 6.45) is 0. The third kappa shape index (κ3) is 3.79. The molecule has 0 aromatic carbocycles. The normalized spacial score (nSPS) is 16.8. The van der Waals surface area contributed by atoms with Gasteiger partial charge in [0.05, 0.1) is 12.6 Å². The molecule has 3 atom stereocenters. The Morgan fingerprint density at radius 1 is 1.39 bits per heavy atom. The summed E-state index contributed by atoms with van der Waals surface area (Å²) in [5, 5.41) is 0. The standard InChI is InChI=1S/C14H26N2OS/c1-6-16(10(2)9-17-5)14(12(4)15)13-8-7-11(3)18-13/h7-8,10,12,14H,6,9,15H2,1-5H3. The van der Waals surface area contributed by atoms with Gasteiger partial charge in [-0.15, -0.1) is 11.3 Å². The highest BCUT2D eigenvalue weighted by atomic mass is 32.1. The highest BCUT2D eigenvalue weighted by molar-refractivity contribution is 7.12. The summed E-state index contributed by atoms with van der Waals surface area (Å²) in [7, 11) is 1.75. The molecule has 0 saturated carbocycles. The van der Waals surface area contributed by atoms with E-state index < -0.39 is 0 Å². The zero-order valence-electron chi connectivity index (χ0n) is 12.1. The van der Waals surface area contributed by atoms with Crippen molar-refractivity contribution < 1.29 is 4.74 Å². The monoisotopic (exact) mass is 270 g/mol. The highest BCUT2D eigenvalue weighted by Crippen LogP contribution is 2.30. The summed E-state index contributed by atoms with van der Waals surface area (Å²) < 4.78 is 5.28. The van der Waals surface area contributed by atoms with Crippen LogP contribution in [-0.2, 0) is 4.74 Å². The molecule has 0 bridgehead atoms. The molecule has 0 aliphatic rings. The van der Waals surface area contributed by atoms with Gasteiger partial charge in [-0.25, -0.2) is 0 Å². The SMILES string of the molecule is CCN(C(C)COC)C(c1ccc(C)s1)C(C)N. The van der Waals surface area contributed by atoms with E-state index in [-0.39, 0.29) is 12.1 Å². The minimum Gasteiger partial charge on any atom is -0.383 e. The second-order valence-electron chi connectivity index (χ2n) is 4.89. The first-order chi connectivity index (χ1) is 8.51. The number of hydrogen-bond acceptors (Lipinski definition) is 4. The summed E-state index contributed by atoms with van der Waals surface area (Å²) >= 11 is 1.84.